The number of amides is 1. The number of rotatable bonds is 3. The molecule has 1 aliphatic carbocycles. The van der Waals surface area contributed by atoms with Gasteiger partial charge in [-0.1, -0.05) is 35.5 Å². The number of carbonyl (C=O) groups excluding carboxylic acids is 1. The number of aromatic nitrogens is 3. The van der Waals surface area contributed by atoms with E-state index in [0.29, 0.717) is 51.1 Å². The second kappa shape index (κ2) is 11.9. The molecule has 1 aliphatic heterocycles. The van der Waals surface area contributed by atoms with Crippen molar-refractivity contribution in [2.75, 3.05) is 26.4 Å². The molecule has 2 aromatic heterocycles. The Morgan fingerprint density at radius 2 is 1.86 bits per heavy atom. The fourth-order valence-electron chi connectivity index (χ4n) is 6.06. The van der Waals surface area contributed by atoms with Crippen molar-refractivity contribution in [2.24, 2.45) is 0 Å². The van der Waals surface area contributed by atoms with Crippen molar-refractivity contribution in [3.63, 3.8) is 0 Å². The van der Waals surface area contributed by atoms with Gasteiger partial charge in [0.15, 0.2) is 5.69 Å². The molecule has 2 aliphatic rings. The zero-order valence-corrected chi connectivity index (χ0v) is 24.2. The van der Waals surface area contributed by atoms with E-state index in [2.05, 4.69) is 16.3 Å². The first kappa shape index (κ1) is 29.0. The Balaban J connectivity index is 1.26. The summed E-state index contributed by atoms with van der Waals surface area (Å²) in [5.74, 6) is 1.20. The van der Waals surface area contributed by atoms with Crippen LogP contribution in [-0.4, -0.2) is 52.1 Å². The van der Waals surface area contributed by atoms with Crippen molar-refractivity contribution in [1.29, 1.82) is 0 Å². The maximum absolute atomic E-state index is 13.6. The van der Waals surface area contributed by atoms with Crippen LogP contribution in [0.4, 0.5) is 13.2 Å². The lowest BCUT2D eigenvalue weighted by molar-refractivity contribution is -0.142. The minimum atomic E-state index is -4.55. The van der Waals surface area contributed by atoms with Crippen LogP contribution in [0, 0.1) is 13.8 Å². The molecule has 226 valence electrons. The Hall–Kier alpha value is -4.12. The van der Waals surface area contributed by atoms with Crippen LogP contribution in [-0.2, 0) is 48.1 Å². The molecule has 2 aromatic carbocycles. The first-order valence-electron chi connectivity index (χ1n) is 14.5. The third kappa shape index (κ3) is 6.17. The van der Waals surface area contributed by atoms with Crippen LogP contribution in [0.5, 0.6) is 5.75 Å². The van der Waals surface area contributed by atoms with Crippen molar-refractivity contribution in [1.82, 2.24) is 19.8 Å². The number of fused-ring (bicyclic) bond motifs is 4. The Labute approximate surface area is 247 Å². The summed E-state index contributed by atoms with van der Waals surface area (Å²) in [7, 11) is 0. The molecule has 0 saturated carbocycles. The van der Waals surface area contributed by atoms with E-state index in [1.54, 1.807) is 4.90 Å². The molecule has 0 unspecified atom stereocenters. The molecule has 11 heteroatoms. The van der Waals surface area contributed by atoms with Gasteiger partial charge in [0, 0.05) is 36.3 Å². The maximum Gasteiger partial charge on any atom is 0.435 e. The van der Waals surface area contributed by atoms with Crippen LogP contribution >= 0.6 is 0 Å². The van der Waals surface area contributed by atoms with E-state index in [4.69, 9.17) is 14.0 Å². The predicted molar refractivity (Wildman–Crippen MR) is 152 cm³/mol. The third-order valence-electron chi connectivity index (χ3n) is 8.05. The van der Waals surface area contributed by atoms with Gasteiger partial charge in [0.1, 0.15) is 24.7 Å². The third-order valence-corrected chi connectivity index (χ3v) is 8.05. The summed E-state index contributed by atoms with van der Waals surface area (Å²) in [4.78, 5) is 15.2. The fraction of sp³-hybridized carbons (Fsp3) is 0.406. The molecule has 6 rings (SSSR count). The zero-order chi connectivity index (χ0) is 30.1. The van der Waals surface area contributed by atoms with Crippen molar-refractivity contribution in [2.45, 2.75) is 58.8 Å². The monoisotopic (exact) mass is 594 g/mol. The molecule has 0 atom stereocenters. The molecule has 3 heterocycles. The van der Waals surface area contributed by atoms with Gasteiger partial charge in [0.25, 0.3) is 0 Å². The minimum Gasteiger partial charge on any atom is -0.491 e. The van der Waals surface area contributed by atoms with Crippen molar-refractivity contribution >= 4 is 5.91 Å². The van der Waals surface area contributed by atoms with Crippen LogP contribution in [0.3, 0.4) is 0 Å². The van der Waals surface area contributed by atoms with E-state index in [9.17, 15) is 18.0 Å². The summed E-state index contributed by atoms with van der Waals surface area (Å²) >= 11 is 0. The summed E-state index contributed by atoms with van der Waals surface area (Å²) in [5, 5.41) is 7.93. The van der Waals surface area contributed by atoms with E-state index >= 15 is 0 Å². The number of nitrogens with zero attached hydrogens (tertiary/aromatic N) is 4. The van der Waals surface area contributed by atoms with E-state index in [0.717, 1.165) is 45.0 Å². The molecule has 1 amide bonds. The number of alkyl halides is 3. The van der Waals surface area contributed by atoms with Crippen LogP contribution in [0.2, 0.25) is 0 Å². The number of halogens is 3. The van der Waals surface area contributed by atoms with E-state index < -0.39 is 11.9 Å². The molecule has 0 saturated heterocycles. The summed E-state index contributed by atoms with van der Waals surface area (Å²) < 4.78 is 59.4. The maximum atomic E-state index is 13.6. The lowest BCUT2D eigenvalue weighted by Crippen LogP contribution is -2.36. The Morgan fingerprint density at radius 1 is 1.02 bits per heavy atom. The summed E-state index contributed by atoms with van der Waals surface area (Å²) in [6.45, 7) is 5.05. The Kier molecular flexibility index (Phi) is 8.00. The number of ether oxygens (including phenoxy) is 2. The van der Waals surface area contributed by atoms with Crippen molar-refractivity contribution < 1.29 is 32.0 Å². The second-order valence-electron chi connectivity index (χ2n) is 11.1. The lowest BCUT2D eigenvalue weighted by atomic mass is 9.96. The van der Waals surface area contributed by atoms with Crippen LogP contribution < -0.4 is 4.74 Å². The normalized spacial score (nSPS) is 15.9. The van der Waals surface area contributed by atoms with Gasteiger partial charge in [-0.15, -0.1) is 0 Å². The second-order valence-corrected chi connectivity index (χ2v) is 11.1. The van der Waals surface area contributed by atoms with Gasteiger partial charge in [-0.3, -0.25) is 9.48 Å². The first-order chi connectivity index (χ1) is 20.7. The number of aryl methyl sites for hydroxylation is 2. The average Bonchev–Trinajstić information content (AvgIpc) is 3.66. The molecule has 8 nitrogen and oxygen atoms in total. The molecule has 0 N–H and O–H groups in total. The lowest BCUT2D eigenvalue weighted by Gasteiger charge is -2.24. The highest BCUT2D eigenvalue weighted by molar-refractivity contribution is 5.76. The molecular weight excluding hydrogens is 561 g/mol. The predicted octanol–water partition coefficient (Wildman–Crippen LogP) is 5.69. The summed E-state index contributed by atoms with van der Waals surface area (Å²) in [6.07, 6.45) is -2.52. The fourth-order valence-corrected chi connectivity index (χ4v) is 6.06. The average molecular weight is 595 g/mol. The number of hydrogen-bond acceptors (Lipinski definition) is 6. The molecular formula is C32H33F3N4O4. The van der Waals surface area contributed by atoms with Crippen LogP contribution in [0.1, 0.15) is 51.5 Å². The molecule has 2 bridgehead atoms. The zero-order valence-electron chi connectivity index (χ0n) is 24.2. The van der Waals surface area contributed by atoms with Gasteiger partial charge in [-0.05, 0) is 67.5 Å². The van der Waals surface area contributed by atoms with Gasteiger partial charge in [0.05, 0.1) is 18.9 Å². The van der Waals surface area contributed by atoms with Crippen molar-refractivity contribution in [3.05, 3.63) is 87.6 Å². The Morgan fingerprint density at radius 3 is 2.65 bits per heavy atom. The molecule has 0 spiro atoms. The minimum absolute atomic E-state index is 0.218. The molecule has 0 radical (unpaired) electrons. The molecule has 0 fully saturated rings. The van der Waals surface area contributed by atoms with Gasteiger partial charge in [-0.2, -0.15) is 18.3 Å². The van der Waals surface area contributed by atoms with Gasteiger partial charge < -0.3 is 18.9 Å². The highest BCUT2D eigenvalue weighted by Gasteiger charge is 2.40. The van der Waals surface area contributed by atoms with Gasteiger partial charge in [-0.25, -0.2) is 0 Å². The van der Waals surface area contributed by atoms with Crippen LogP contribution in [0.25, 0.3) is 11.1 Å². The van der Waals surface area contributed by atoms with Gasteiger partial charge in [0.2, 0.25) is 5.91 Å². The largest absolute Gasteiger partial charge is 0.491 e. The Bertz CT molecular complexity index is 1620. The number of benzene rings is 2. The van der Waals surface area contributed by atoms with Crippen LogP contribution in [0.15, 0.2) is 47.0 Å². The van der Waals surface area contributed by atoms with E-state index in [1.807, 2.05) is 50.2 Å². The van der Waals surface area contributed by atoms with Crippen molar-refractivity contribution in [3.8, 4) is 16.9 Å². The highest BCUT2D eigenvalue weighted by Crippen LogP contribution is 2.37. The highest BCUT2D eigenvalue weighted by atomic mass is 19.4. The quantitative estimate of drug-likeness (QED) is 0.303. The topological polar surface area (TPSA) is 82.6 Å². The van der Waals surface area contributed by atoms with Gasteiger partial charge >= 0.3 is 6.18 Å². The number of hydrogen-bond donors (Lipinski definition) is 0. The first-order valence-corrected chi connectivity index (χ1v) is 14.5. The molecule has 43 heavy (non-hydrogen) atoms. The number of carbonyl (C=O) groups is 1. The van der Waals surface area contributed by atoms with E-state index in [-0.39, 0.29) is 31.2 Å². The van der Waals surface area contributed by atoms with E-state index in [1.165, 1.54) is 4.68 Å². The molecule has 4 aromatic rings. The smallest absolute Gasteiger partial charge is 0.435 e. The standard InChI is InChI=1S/C32H33F3N4O4/c1-20-30(21(2)43-37-20)24-9-10-28-25(17-24)16-22-5-3-6-23(15-22)18-38(11-12-41-13-14-42-28)29(40)19-39-27-8-4-7-26(27)31(36-39)32(33,34)35/h3,5-6,9-10,15,17H,4,7-8,11-14,16,18-19H2,1-2H3. The summed E-state index contributed by atoms with van der Waals surface area (Å²) in [6, 6.07) is 14.0. The SMILES string of the molecule is Cc1noc(C)c1-c1ccc2c(c1)Cc1cccc(c1)CN(C(=O)Cn1nc(C(F)(F)F)c3c1CCC3)CCOCCO2. The summed E-state index contributed by atoms with van der Waals surface area (Å²) in [5.41, 5.74) is 5.56.